The van der Waals surface area contributed by atoms with E-state index < -0.39 is 11.8 Å². The molecule has 0 bridgehead atoms. The molecule has 0 aromatic heterocycles. The van der Waals surface area contributed by atoms with Crippen LogP contribution in [-0.2, 0) is 9.53 Å². The molecule has 0 amide bonds. The SMILES string of the molecule is CCOC(=O)C(=O)c1cc(C)cc(C)c1Cl. The van der Waals surface area contributed by atoms with E-state index in [1.54, 1.807) is 19.9 Å². The van der Waals surface area contributed by atoms with Gasteiger partial charge in [0.1, 0.15) is 0 Å². The molecule has 0 saturated carbocycles. The van der Waals surface area contributed by atoms with Crippen molar-refractivity contribution in [3.63, 3.8) is 0 Å². The summed E-state index contributed by atoms with van der Waals surface area (Å²) in [6.45, 7) is 5.45. The summed E-state index contributed by atoms with van der Waals surface area (Å²) in [6.07, 6.45) is 0. The van der Waals surface area contributed by atoms with Crippen molar-refractivity contribution in [3.05, 3.63) is 33.8 Å². The van der Waals surface area contributed by atoms with Gasteiger partial charge in [0.2, 0.25) is 0 Å². The first kappa shape index (κ1) is 12.7. The minimum absolute atomic E-state index is 0.174. The van der Waals surface area contributed by atoms with Crippen LogP contribution in [0.25, 0.3) is 0 Å². The molecule has 0 atom stereocenters. The van der Waals surface area contributed by atoms with E-state index in [2.05, 4.69) is 4.74 Å². The number of rotatable bonds is 3. The summed E-state index contributed by atoms with van der Waals surface area (Å²) in [5.74, 6) is -1.56. The number of ketones is 1. The Hall–Kier alpha value is -1.35. The maximum atomic E-state index is 11.7. The summed E-state index contributed by atoms with van der Waals surface area (Å²) in [6, 6.07) is 3.44. The van der Waals surface area contributed by atoms with Crippen molar-refractivity contribution in [2.75, 3.05) is 6.61 Å². The highest BCUT2D eigenvalue weighted by Crippen LogP contribution is 2.23. The molecule has 0 aliphatic rings. The predicted molar refractivity (Wildman–Crippen MR) is 61.9 cm³/mol. The van der Waals surface area contributed by atoms with Crippen LogP contribution in [0, 0.1) is 13.8 Å². The van der Waals surface area contributed by atoms with Crippen LogP contribution in [0.2, 0.25) is 5.02 Å². The highest BCUT2D eigenvalue weighted by molar-refractivity contribution is 6.45. The number of carbonyl (C=O) groups is 2. The van der Waals surface area contributed by atoms with E-state index in [4.69, 9.17) is 11.6 Å². The Balaban J connectivity index is 3.13. The molecule has 0 aliphatic heterocycles. The molecular weight excluding hydrogens is 228 g/mol. The Morgan fingerprint density at radius 1 is 1.31 bits per heavy atom. The number of benzene rings is 1. The van der Waals surface area contributed by atoms with Crippen LogP contribution in [0.4, 0.5) is 0 Å². The standard InChI is InChI=1S/C12H13ClO3/c1-4-16-12(15)11(14)9-6-7(2)5-8(3)10(9)13/h5-6H,4H2,1-3H3. The monoisotopic (exact) mass is 240 g/mol. The van der Waals surface area contributed by atoms with Crippen LogP contribution in [0.1, 0.15) is 28.4 Å². The fourth-order valence-electron chi connectivity index (χ4n) is 1.42. The fourth-order valence-corrected chi connectivity index (χ4v) is 1.62. The Kier molecular flexibility index (Phi) is 4.07. The molecule has 4 heteroatoms. The number of aryl methyl sites for hydroxylation is 2. The number of hydrogen-bond donors (Lipinski definition) is 0. The van der Waals surface area contributed by atoms with E-state index in [0.29, 0.717) is 5.02 Å². The van der Waals surface area contributed by atoms with E-state index in [0.717, 1.165) is 11.1 Å². The third-order valence-electron chi connectivity index (χ3n) is 2.10. The Bertz CT molecular complexity index is 438. The van der Waals surface area contributed by atoms with E-state index in [1.807, 2.05) is 13.0 Å². The quantitative estimate of drug-likeness (QED) is 0.464. The van der Waals surface area contributed by atoms with Crippen molar-refractivity contribution in [2.24, 2.45) is 0 Å². The van der Waals surface area contributed by atoms with Gasteiger partial charge in [0.15, 0.2) is 0 Å². The van der Waals surface area contributed by atoms with Crippen LogP contribution in [0.5, 0.6) is 0 Å². The van der Waals surface area contributed by atoms with E-state index in [9.17, 15) is 9.59 Å². The lowest BCUT2D eigenvalue weighted by molar-refractivity contribution is -0.137. The second-order valence-electron chi connectivity index (χ2n) is 3.49. The maximum Gasteiger partial charge on any atom is 0.379 e. The largest absolute Gasteiger partial charge is 0.460 e. The Morgan fingerprint density at radius 3 is 2.50 bits per heavy atom. The Morgan fingerprint density at radius 2 is 1.94 bits per heavy atom. The number of ether oxygens (including phenoxy) is 1. The van der Waals surface area contributed by atoms with Gasteiger partial charge in [-0.25, -0.2) is 4.79 Å². The van der Waals surface area contributed by atoms with Crippen LogP contribution >= 0.6 is 11.6 Å². The third kappa shape index (κ3) is 2.61. The summed E-state index contributed by atoms with van der Waals surface area (Å²) in [7, 11) is 0. The summed E-state index contributed by atoms with van der Waals surface area (Å²) >= 11 is 5.98. The zero-order chi connectivity index (χ0) is 12.3. The van der Waals surface area contributed by atoms with Crippen LogP contribution in [0.3, 0.4) is 0 Å². The highest BCUT2D eigenvalue weighted by atomic mass is 35.5. The molecule has 0 saturated heterocycles. The van der Waals surface area contributed by atoms with Gasteiger partial charge < -0.3 is 4.74 Å². The molecule has 86 valence electrons. The normalized spacial score (nSPS) is 10.0. The van der Waals surface area contributed by atoms with Crippen molar-refractivity contribution >= 4 is 23.4 Å². The molecule has 0 heterocycles. The topological polar surface area (TPSA) is 43.4 Å². The third-order valence-corrected chi connectivity index (χ3v) is 2.61. The zero-order valence-corrected chi connectivity index (χ0v) is 10.2. The predicted octanol–water partition coefficient (Wildman–Crippen LogP) is 2.70. The lowest BCUT2D eigenvalue weighted by Crippen LogP contribution is -2.18. The highest BCUT2D eigenvalue weighted by Gasteiger charge is 2.21. The molecule has 1 rings (SSSR count). The number of halogens is 1. The van der Waals surface area contributed by atoms with Gasteiger partial charge >= 0.3 is 5.97 Å². The number of hydrogen-bond acceptors (Lipinski definition) is 3. The summed E-state index contributed by atoms with van der Waals surface area (Å²) < 4.78 is 4.65. The van der Waals surface area contributed by atoms with Crippen LogP contribution < -0.4 is 0 Å². The molecule has 0 N–H and O–H groups in total. The Labute approximate surface area is 99.4 Å². The van der Waals surface area contributed by atoms with Gasteiger partial charge in [0.05, 0.1) is 11.6 Å². The maximum absolute atomic E-state index is 11.7. The van der Waals surface area contributed by atoms with Crippen molar-refractivity contribution in [1.82, 2.24) is 0 Å². The molecule has 1 aromatic rings. The van der Waals surface area contributed by atoms with Gasteiger partial charge in [-0.3, -0.25) is 4.79 Å². The van der Waals surface area contributed by atoms with E-state index in [1.165, 1.54) is 0 Å². The van der Waals surface area contributed by atoms with Crippen molar-refractivity contribution < 1.29 is 14.3 Å². The minimum Gasteiger partial charge on any atom is -0.460 e. The molecule has 0 spiro atoms. The number of esters is 1. The van der Waals surface area contributed by atoms with Gasteiger partial charge in [0, 0.05) is 5.56 Å². The summed E-state index contributed by atoms with van der Waals surface area (Å²) in [4.78, 5) is 23.0. The molecule has 0 fully saturated rings. The van der Waals surface area contributed by atoms with Gasteiger partial charge in [-0.2, -0.15) is 0 Å². The van der Waals surface area contributed by atoms with Gasteiger partial charge in [-0.05, 0) is 32.4 Å². The van der Waals surface area contributed by atoms with E-state index >= 15 is 0 Å². The van der Waals surface area contributed by atoms with Crippen molar-refractivity contribution in [1.29, 1.82) is 0 Å². The fraction of sp³-hybridized carbons (Fsp3) is 0.333. The van der Waals surface area contributed by atoms with Crippen molar-refractivity contribution in [3.8, 4) is 0 Å². The van der Waals surface area contributed by atoms with Gasteiger partial charge in [-0.15, -0.1) is 0 Å². The molecule has 0 aliphatic carbocycles. The second kappa shape index (κ2) is 5.12. The van der Waals surface area contributed by atoms with Gasteiger partial charge in [0.25, 0.3) is 5.78 Å². The minimum atomic E-state index is -0.866. The molecule has 3 nitrogen and oxygen atoms in total. The molecule has 16 heavy (non-hydrogen) atoms. The van der Waals surface area contributed by atoms with Crippen molar-refractivity contribution in [2.45, 2.75) is 20.8 Å². The van der Waals surface area contributed by atoms with Crippen LogP contribution in [-0.4, -0.2) is 18.4 Å². The lowest BCUT2D eigenvalue weighted by Gasteiger charge is -2.07. The lowest BCUT2D eigenvalue weighted by atomic mass is 10.0. The van der Waals surface area contributed by atoms with Gasteiger partial charge in [-0.1, -0.05) is 23.2 Å². The zero-order valence-electron chi connectivity index (χ0n) is 9.46. The smallest absolute Gasteiger partial charge is 0.379 e. The average Bonchev–Trinajstić information content (AvgIpc) is 2.22. The average molecular weight is 241 g/mol. The molecular formula is C12H13ClO3. The molecule has 0 radical (unpaired) electrons. The first-order valence-electron chi connectivity index (χ1n) is 4.95. The van der Waals surface area contributed by atoms with Crippen LogP contribution in [0.15, 0.2) is 12.1 Å². The number of carbonyl (C=O) groups excluding carboxylic acids is 2. The summed E-state index contributed by atoms with van der Waals surface area (Å²) in [5.41, 5.74) is 1.86. The summed E-state index contributed by atoms with van der Waals surface area (Å²) in [5, 5.41) is 0.309. The molecule has 0 unspecified atom stereocenters. The first-order valence-corrected chi connectivity index (χ1v) is 5.33. The second-order valence-corrected chi connectivity index (χ2v) is 3.87. The molecule has 1 aromatic carbocycles. The number of Topliss-reactive ketones (excluding diaryl/α,β-unsaturated/α-hetero) is 1. The first-order chi connectivity index (χ1) is 7.47. The van der Waals surface area contributed by atoms with E-state index in [-0.39, 0.29) is 12.2 Å².